The van der Waals surface area contributed by atoms with E-state index >= 15 is 0 Å². The molecule has 214 valence electrons. The van der Waals surface area contributed by atoms with Gasteiger partial charge in [-0.1, -0.05) is 140 Å². The van der Waals surface area contributed by atoms with Crippen molar-refractivity contribution in [2.45, 2.75) is 5.41 Å². The fourth-order valence-electron chi connectivity index (χ4n) is 8.39. The fourth-order valence-corrected chi connectivity index (χ4v) is 8.39. The summed E-state index contributed by atoms with van der Waals surface area (Å²) in [5.41, 5.74) is 13.7. The normalized spacial score (nSPS) is 15.5. The minimum absolute atomic E-state index is 0.430. The molecule has 8 aromatic rings. The molecule has 1 nitrogen and oxygen atoms in total. The van der Waals surface area contributed by atoms with Crippen molar-refractivity contribution in [1.82, 2.24) is 0 Å². The van der Waals surface area contributed by atoms with Gasteiger partial charge in [-0.2, -0.15) is 0 Å². The quantitative estimate of drug-likeness (QED) is 0.200. The molecule has 1 unspecified atom stereocenters. The Bertz CT molecular complexity index is 2480. The summed E-state index contributed by atoms with van der Waals surface area (Å²) in [7, 11) is 0. The van der Waals surface area contributed by atoms with Gasteiger partial charge in [0.2, 0.25) is 0 Å². The zero-order chi connectivity index (χ0) is 30.2. The van der Waals surface area contributed by atoms with Gasteiger partial charge in [0.15, 0.2) is 0 Å². The third-order valence-corrected chi connectivity index (χ3v) is 10.2. The molecule has 0 aromatic heterocycles. The third-order valence-electron chi connectivity index (χ3n) is 10.2. The SMILES string of the molecule is c1ccc(N(c2ccc3c(c2)C2(c4ccccc4-3)c3ccccc3-c3ccc4ccccc4c32)c2ccc3ccccc3c2)cc1. The topological polar surface area (TPSA) is 3.24 Å². The third kappa shape index (κ3) is 3.35. The van der Waals surface area contributed by atoms with Crippen molar-refractivity contribution in [1.29, 1.82) is 0 Å². The van der Waals surface area contributed by atoms with E-state index in [1.165, 1.54) is 66.1 Å². The molecule has 10 rings (SSSR count). The second-order valence-electron chi connectivity index (χ2n) is 12.5. The molecule has 0 bridgehead atoms. The Morgan fingerprint density at radius 1 is 0.326 bits per heavy atom. The molecule has 0 aliphatic heterocycles. The summed E-state index contributed by atoms with van der Waals surface area (Å²) < 4.78 is 0. The Morgan fingerprint density at radius 3 is 1.67 bits per heavy atom. The van der Waals surface area contributed by atoms with Gasteiger partial charge in [-0.15, -0.1) is 0 Å². The molecule has 2 aliphatic carbocycles. The van der Waals surface area contributed by atoms with Crippen molar-refractivity contribution in [3.8, 4) is 22.3 Å². The molecule has 46 heavy (non-hydrogen) atoms. The van der Waals surface area contributed by atoms with Crippen molar-refractivity contribution in [2.75, 3.05) is 4.90 Å². The Hall–Kier alpha value is -5.92. The molecule has 2 aliphatic rings. The van der Waals surface area contributed by atoms with Gasteiger partial charge in [0.1, 0.15) is 0 Å². The van der Waals surface area contributed by atoms with Crippen LogP contribution in [0.15, 0.2) is 176 Å². The summed E-state index contributed by atoms with van der Waals surface area (Å²) in [6, 6.07) is 65.0. The fraction of sp³-hybridized carbons (Fsp3) is 0.0222. The lowest BCUT2D eigenvalue weighted by Crippen LogP contribution is -2.26. The van der Waals surface area contributed by atoms with Gasteiger partial charge in [-0.05, 0) is 102 Å². The smallest absolute Gasteiger partial charge is 0.0732 e. The van der Waals surface area contributed by atoms with E-state index in [2.05, 4.69) is 181 Å². The minimum Gasteiger partial charge on any atom is -0.310 e. The highest BCUT2D eigenvalue weighted by Crippen LogP contribution is 2.64. The molecule has 8 aromatic carbocycles. The molecule has 1 spiro atoms. The van der Waals surface area contributed by atoms with E-state index in [4.69, 9.17) is 0 Å². The molecule has 0 radical (unpaired) electrons. The number of anilines is 3. The molecule has 0 saturated carbocycles. The summed E-state index contributed by atoms with van der Waals surface area (Å²) in [4.78, 5) is 2.41. The monoisotopic (exact) mass is 583 g/mol. The zero-order valence-electron chi connectivity index (χ0n) is 25.2. The summed E-state index contributed by atoms with van der Waals surface area (Å²) in [6.07, 6.45) is 0. The van der Waals surface area contributed by atoms with Crippen molar-refractivity contribution in [3.63, 3.8) is 0 Å². The maximum absolute atomic E-state index is 2.48. The van der Waals surface area contributed by atoms with E-state index in [1.54, 1.807) is 0 Å². The number of hydrogen-bond acceptors (Lipinski definition) is 1. The first-order valence-electron chi connectivity index (χ1n) is 16.0. The van der Waals surface area contributed by atoms with Crippen LogP contribution in [0.25, 0.3) is 43.8 Å². The van der Waals surface area contributed by atoms with Gasteiger partial charge >= 0.3 is 0 Å². The first kappa shape index (κ1) is 25.4. The van der Waals surface area contributed by atoms with Crippen LogP contribution < -0.4 is 4.90 Å². The number of rotatable bonds is 3. The van der Waals surface area contributed by atoms with E-state index in [9.17, 15) is 0 Å². The first-order chi connectivity index (χ1) is 22.8. The van der Waals surface area contributed by atoms with Crippen LogP contribution in [0.2, 0.25) is 0 Å². The van der Waals surface area contributed by atoms with Crippen LogP contribution in [0.3, 0.4) is 0 Å². The zero-order valence-corrected chi connectivity index (χ0v) is 25.2. The highest BCUT2D eigenvalue weighted by molar-refractivity contribution is 6.04. The van der Waals surface area contributed by atoms with Crippen LogP contribution >= 0.6 is 0 Å². The molecule has 0 amide bonds. The van der Waals surface area contributed by atoms with Gasteiger partial charge in [0, 0.05) is 17.1 Å². The molecular weight excluding hydrogens is 555 g/mol. The molecule has 1 heteroatoms. The molecule has 0 fully saturated rings. The number of benzene rings is 8. The number of fused-ring (bicyclic) bond motifs is 13. The standard InChI is InChI=1S/C45H29N/c1-2-15-33(16-3-1)46(34-24-22-30-12-4-5-14-32(30)28-34)35-25-27-39-37-18-8-10-20-41(37)45(43(39)29-35)42-21-11-9-19-38(42)40-26-23-31-13-6-7-17-36(31)44(40)45/h1-29H. The number of nitrogens with zero attached hydrogens (tertiary/aromatic N) is 1. The summed E-state index contributed by atoms with van der Waals surface area (Å²) in [6.45, 7) is 0. The Kier molecular flexibility index (Phi) is 5.27. The highest BCUT2D eigenvalue weighted by atomic mass is 15.1. The van der Waals surface area contributed by atoms with Crippen LogP contribution in [-0.2, 0) is 5.41 Å². The predicted octanol–water partition coefficient (Wildman–Crippen LogP) is 11.8. The van der Waals surface area contributed by atoms with Gasteiger partial charge in [-0.25, -0.2) is 0 Å². The molecule has 0 heterocycles. The minimum atomic E-state index is -0.430. The lowest BCUT2D eigenvalue weighted by Gasteiger charge is -2.33. The second-order valence-corrected chi connectivity index (χ2v) is 12.5. The first-order valence-corrected chi connectivity index (χ1v) is 16.0. The largest absolute Gasteiger partial charge is 0.310 e. The van der Waals surface area contributed by atoms with Gasteiger partial charge in [0.25, 0.3) is 0 Å². The lowest BCUT2D eigenvalue weighted by molar-refractivity contribution is 0.801. The number of hydrogen-bond donors (Lipinski definition) is 0. The summed E-state index contributed by atoms with van der Waals surface area (Å²) >= 11 is 0. The Balaban J connectivity index is 1.31. The predicted molar refractivity (Wildman–Crippen MR) is 192 cm³/mol. The Morgan fingerprint density at radius 2 is 0.870 bits per heavy atom. The van der Waals surface area contributed by atoms with E-state index in [1.807, 2.05) is 0 Å². The van der Waals surface area contributed by atoms with E-state index in [0.29, 0.717) is 0 Å². The number of para-hydroxylation sites is 1. The maximum Gasteiger partial charge on any atom is 0.0732 e. The van der Waals surface area contributed by atoms with E-state index in [0.717, 1.165) is 17.1 Å². The summed E-state index contributed by atoms with van der Waals surface area (Å²) in [5.74, 6) is 0. The van der Waals surface area contributed by atoms with Crippen LogP contribution in [0.1, 0.15) is 22.3 Å². The van der Waals surface area contributed by atoms with Crippen LogP contribution in [0.4, 0.5) is 17.1 Å². The molecule has 0 N–H and O–H groups in total. The van der Waals surface area contributed by atoms with Crippen molar-refractivity contribution in [2.24, 2.45) is 0 Å². The molecular formula is C45H29N. The second kappa shape index (κ2) is 9.54. The Labute approximate surface area is 268 Å². The van der Waals surface area contributed by atoms with Crippen LogP contribution in [0.5, 0.6) is 0 Å². The van der Waals surface area contributed by atoms with Crippen molar-refractivity contribution in [3.05, 3.63) is 198 Å². The average Bonchev–Trinajstić information content (AvgIpc) is 3.59. The highest BCUT2D eigenvalue weighted by Gasteiger charge is 2.52. The summed E-state index contributed by atoms with van der Waals surface area (Å²) in [5, 5.41) is 5.07. The van der Waals surface area contributed by atoms with Crippen molar-refractivity contribution < 1.29 is 0 Å². The average molecular weight is 584 g/mol. The lowest BCUT2D eigenvalue weighted by atomic mass is 9.69. The van der Waals surface area contributed by atoms with Crippen LogP contribution in [0, 0.1) is 0 Å². The van der Waals surface area contributed by atoms with E-state index < -0.39 is 5.41 Å². The van der Waals surface area contributed by atoms with Gasteiger partial charge < -0.3 is 4.90 Å². The van der Waals surface area contributed by atoms with Crippen LogP contribution in [-0.4, -0.2) is 0 Å². The van der Waals surface area contributed by atoms with Crippen molar-refractivity contribution >= 4 is 38.6 Å². The molecule has 1 atom stereocenters. The maximum atomic E-state index is 2.48. The van der Waals surface area contributed by atoms with Gasteiger partial charge in [0.05, 0.1) is 5.41 Å². The molecule has 0 saturated heterocycles. The van der Waals surface area contributed by atoms with Gasteiger partial charge in [-0.3, -0.25) is 0 Å². The van der Waals surface area contributed by atoms with E-state index in [-0.39, 0.29) is 0 Å².